The van der Waals surface area contributed by atoms with Crippen molar-refractivity contribution in [3.05, 3.63) is 27.7 Å². The molecule has 1 fully saturated rings. The number of nitrogens with two attached hydrogens (primary N) is 1. The van der Waals surface area contributed by atoms with E-state index < -0.39 is 5.60 Å². The first kappa shape index (κ1) is 14.3. The minimum atomic E-state index is -0.792. The number of likely N-dealkylation sites (tertiary alicyclic amines) is 1. The lowest BCUT2D eigenvalue weighted by Gasteiger charge is -2.37. The van der Waals surface area contributed by atoms with Gasteiger partial charge < -0.3 is 15.7 Å². The van der Waals surface area contributed by atoms with Crippen LogP contribution in [0.2, 0.25) is 0 Å². The molecule has 1 atom stereocenters. The summed E-state index contributed by atoms with van der Waals surface area (Å²) in [6, 6.07) is 3.58. The molecule has 1 unspecified atom stereocenters. The van der Waals surface area contributed by atoms with Crippen LogP contribution in [0, 0.1) is 6.92 Å². The SMILES string of the molecule is Cc1c(N)cc(Br)cc1C(=O)N1CCCC(C)(O)C1. The average Bonchev–Trinajstić information content (AvgIpc) is 2.31. The Labute approximate surface area is 121 Å². The average molecular weight is 327 g/mol. The number of nitrogens with zero attached hydrogens (tertiary/aromatic N) is 1. The lowest BCUT2D eigenvalue weighted by Crippen LogP contribution is -2.48. The first-order chi connectivity index (χ1) is 8.80. The highest BCUT2D eigenvalue weighted by atomic mass is 79.9. The van der Waals surface area contributed by atoms with Crippen molar-refractivity contribution in [1.29, 1.82) is 0 Å². The number of amides is 1. The van der Waals surface area contributed by atoms with Crippen molar-refractivity contribution in [2.45, 2.75) is 32.3 Å². The monoisotopic (exact) mass is 326 g/mol. The largest absolute Gasteiger partial charge is 0.398 e. The minimum Gasteiger partial charge on any atom is -0.398 e. The molecule has 1 aromatic carbocycles. The third-order valence-electron chi connectivity index (χ3n) is 3.61. The molecular weight excluding hydrogens is 308 g/mol. The first-order valence-electron chi connectivity index (χ1n) is 6.37. The molecule has 0 bridgehead atoms. The lowest BCUT2D eigenvalue weighted by molar-refractivity contribution is -0.0107. The highest BCUT2D eigenvalue weighted by Gasteiger charge is 2.32. The number of rotatable bonds is 1. The lowest BCUT2D eigenvalue weighted by atomic mass is 9.94. The van der Waals surface area contributed by atoms with Crippen LogP contribution in [0.4, 0.5) is 5.69 Å². The van der Waals surface area contributed by atoms with Crippen LogP contribution < -0.4 is 5.73 Å². The summed E-state index contributed by atoms with van der Waals surface area (Å²) >= 11 is 3.36. The van der Waals surface area contributed by atoms with Crippen molar-refractivity contribution in [2.75, 3.05) is 18.8 Å². The molecule has 0 aliphatic carbocycles. The molecule has 0 radical (unpaired) electrons. The van der Waals surface area contributed by atoms with Gasteiger partial charge in [0.25, 0.3) is 5.91 Å². The van der Waals surface area contributed by atoms with E-state index in [2.05, 4.69) is 15.9 Å². The molecular formula is C14H19BrN2O2. The summed E-state index contributed by atoms with van der Waals surface area (Å²) in [5.74, 6) is -0.0644. The Bertz CT molecular complexity index is 514. The second-order valence-electron chi connectivity index (χ2n) is 5.49. The number of anilines is 1. The van der Waals surface area contributed by atoms with E-state index >= 15 is 0 Å². The summed E-state index contributed by atoms with van der Waals surface area (Å²) in [4.78, 5) is 14.3. The number of β-amino-alcohol motifs (C(OH)–C–C–N with tert-alkyl or cyclic N) is 1. The fourth-order valence-corrected chi connectivity index (χ4v) is 2.96. The fourth-order valence-electron chi connectivity index (χ4n) is 2.49. The normalized spacial score (nSPS) is 23.5. The highest BCUT2D eigenvalue weighted by Crippen LogP contribution is 2.27. The summed E-state index contributed by atoms with van der Waals surface area (Å²) in [6.07, 6.45) is 1.55. The minimum absolute atomic E-state index is 0.0644. The van der Waals surface area contributed by atoms with Crippen LogP contribution in [-0.2, 0) is 0 Å². The summed E-state index contributed by atoms with van der Waals surface area (Å²) in [6.45, 7) is 4.67. The topological polar surface area (TPSA) is 66.6 Å². The molecule has 19 heavy (non-hydrogen) atoms. The van der Waals surface area contributed by atoms with Crippen molar-refractivity contribution in [2.24, 2.45) is 0 Å². The van der Waals surface area contributed by atoms with E-state index in [-0.39, 0.29) is 5.91 Å². The first-order valence-corrected chi connectivity index (χ1v) is 7.17. The van der Waals surface area contributed by atoms with Crippen molar-refractivity contribution in [3.63, 3.8) is 0 Å². The van der Waals surface area contributed by atoms with Crippen molar-refractivity contribution in [3.8, 4) is 0 Å². The van der Waals surface area contributed by atoms with E-state index in [1.807, 2.05) is 6.92 Å². The van der Waals surface area contributed by atoms with E-state index in [4.69, 9.17) is 5.73 Å². The van der Waals surface area contributed by atoms with E-state index in [1.165, 1.54) is 0 Å². The van der Waals surface area contributed by atoms with Gasteiger partial charge in [0.1, 0.15) is 0 Å². The van der Waals surface area contributed by atoms with Gasteiger partial charge in [0, 0.05) is 28.8 Å². The van der Waals surface area contributed by atoms with Crippen LogP contribution in [0.25, 0.3) is 0 Å². The number of hydrogen-bond acceptors (Lipinski definition) is 3. The molecule has 0 aromatic heterocycles. The van der Waals surface area contributed by atoms with Crippen LogP contribution in [-0.4, -0.2) is 34.6 Å². The van der Waals surface area contributed by atoms with Gasteiger partial charge in [-0.2, -0.15) is 0 Å². The Morgan fingerprint density at radius 3 is 2.84 bits per heavy atom. The van der Waals surface area contributed by atoms with Gasteiger partial charge in [-0.1, -0.05) is 15.9 Å². The molecule has 0 saturated carbocycles. The molecule has 0 spiro atoms. The molecule has 104 valence electrons. The van der Waals surface area contributed by atoms with Crippen LogP contribution in [0.15, 0.2) is 16.6 Å². The molecule has 2 rings (SSSR count). The Balaban J connectivity index is 2.29. The van der Waals surface area contributed by atoms with Gasteiger partial charge in [-0.25, -0.2) is 0 Å². The molecule has 5 heteroatoms. The maximum absolute atomic E-state index is 12.6. The number of carbonyl (C=O) groups is 1. The zero-order chi connectivity index (χ0) is 14.2. The summed E-state index contributed by atoms with van der Waals surface area (Å²) < 4.78 is 0.794. The Hall–Kier alpha value is -1.07. The quantitative estimate of drug-likeness (QED) is 0.778. The number of hydrogen-bond donors (Lipinski definition) is 2. The Kier molecular flexibility index (Phi) is 3.87. The van der Waals surface area contributed by atoms with Gasteiger partial charge in [0.05, 0.1) is 5.60 Å². The molecule has 1 aliphatic rings. The molecule has 1 heterocycles. The smallest absolute Gasteiger partial charge is 0.254 e. The second-order valence-corrected chi connectivity index (χ2v) is 6.41. The van der Waals surface area contributed by atoms with E-state index in [9.17, 15) is 9.90 Å². The number of carbonyl (C=O) groups excluding carboxylic acids is 1. The Morgan fingerprint density at radius 1 is 1.53 bits per heavy atom. The number of aliphatic hydroxyl groups is 1. The van der Waals surface area contributed by atoms with E-state index in [0.717, 1.165) is 22.9 Å². The molecule has 1 aliphatic heterocycles. The van der Waals surface area contributed by atoms with Gasteiger partial charge in [-0.15, -0.1) is 0 Å². The summed E-state index contributed by atoms with van der Waals surface area (Å²) in [7, 11) is 0. The third kappa shape index (κ3) is 3.09. The van der Waals surface area contributed by atoms with Crippen molar-refractivity contribution >= 4 is 27.5 Å². The van der Waals surface area contributed by atoms with Crippen molar-refractivity contribution < 1.29 is 9.90 Å². The Morgan fingerprint density at radius 2 is 2.21 bits per heavy atom. The van der Waals surface area contributed by atoms with Crippen molar-refractivity contribution in [1.82, 2.24) is 4.90 Å². The predicted octanol–water partition coefficient (Wildman–Crippen LogP) is 2.33. The second kappa shape index (κ2) is 5.13. The molecule has 1 amide bonds. The molecule has 4 nitrogen and oxygen atoms in total. The van der Waals surface area contributed by atoms with E-state index in [0.29, 0.717) is 24.3 Å². The zero-order valence-corrected chi connectivity index (χ0v) is 12.8. The molecule has 3 N–H and O–H groups in total. The maximum Gasteiger partial charge on any atom is 0.254 e. The van der Waals surface area contributed by atoms with Gasteiger partial charge in [-0.3, -0.25) is 4.79 Å². The predicted molar refractivity (Wildman–Crippen MR) is 79.1 cm³/mol. The number of piperidine rings is 1. The van der Waals surface area contributed by atoms with Gasteiger partial charge in [0.2, 0.25) is 0 Å². The van der Waals surface area contributed by atoms with Crippen LogP contribution in [0.5, 0.6) is 0 Å². The highest BCUT2D eigenvalue weighted by molar-refractivity contribution is 9.10. The van der Waals surface area contributed by atoms with Crippen LogP contribution >= 0.6 is 15.9 Å². The van der Waals surface area contributed by atoms with Gasteiger partial charge in [-0.05, 0) is 44.4 Å². The van der Waals surface area contributed by atoms with Crippen LogP contribution in [0.3, 0.4) is 0 Å². The number of nitrogen functional groups attached to an aromatic ring is 1. The van der Waals surface area contributed by atoms with Crippen LogP contribution in [0.1, 0.15) is 35.7 Å². The van der Waals surface area contributed by atoms with Gasteiger partial charge >= 0.3 is 0 Å². The number of halogens is 1. The standard InChI is InChI=1S/C14H19BrN2O2/c1-9-11(6-10(15)7-12(9)16)13(18)17-5-3-4-14(2,19)8-17/h6-7,19H,3-5,8,16H2,1-2H3. The number of benzene rings is 1. The maximum atomic E-state index is 12.6. The summed E-state index contributed by atoms with van der Waals surface area (Å²) in [5.41, 5.74) is 7.09. The molecule has 1 aromatic rings. The molecule has 1 saturated heterocycles. The summed E-state index contributed by atoms with van der Waals surface area (Å²) in [5, 5.41) is 10.1. The van der Waals surface area contributed by atoms with E-state index in [1.54, 1.807) is 24.0 Å². The van der Waals surface area contributed by atoms with Gasteiger partial charge in [0.15, 0.2) is 0 Å². The third-order valence-corrected chi connectivity index (χ3v) is 4.06. The zero-order valence-electron chi connectivity index (χ0n) is 11.2. The fraction of sp³-hybridized carbons (Fsp3) is 0.500.